The van der Waals surface area contributed by atoms with Crippen molar-refractivity contribution in [3.8, 4) is 0 Å². The molecule has 0 nitrogen and oxygen atoms in total. The second-order valence-electron chi connectivity index (χ2n) is 2.73. The van der Waals surface area contributed by atoms with Gasteiger partial charge in [0.1, 0.15) is 7.85 Å². The average Bonchev–Trinajstić information content (AvgIpc) is 1.62. The standard InChI is InChI=1S/C5H9BF4/c1-3(6)4(2,7)5(8,9)10/h3H,6H2,1-2H3. The molecule has 0 radical (unpaired) electrons. The van der Waals surface area contributed by atoms with Crippen molar-refractivity contribution in [3.05, 3.63) is 0 Å². The summed E-state index contributed by atoms with van der Waals surface area (Å²) in [5.74, 6) is -1.03. The Balaban J connectivity index is 4.40. The second-order valence-corrected chi connectivity index (χ2v) is 2.73. The van der Waals surface area contributed by atoms with Crippen LogP contribution in [0.2, 0.25) is 5.82 Å². The van der Waals surface area contributed by atoms with E-state index in [9.17, 15) is 17.6 Å². The van der Waals surface area contributed by atoms with Crippen molar-refractivity contribution in [2.45, 2.75) is 31.5 Å². The van der Waals surface area contributed by atoms with E-state index in [1.165, 1.54) is 14.8 Å². The minimum absolute atomic E-state index is 0.553. The number of hydrogen-bond donors (Lipinski definition) is 0. The van der Waals surface area contributed by atoms with Crippen molar-refractivity contribution >= 4 is 7.85 Å². The SMILES string of the molecule is BC(C)C(C)(F)C(F)(F)F. The van der Waals surface area contributed by atoms with Crippen molar-refractivity contribution in [3.63, 3.8) is 0 Å². The smallest absolute Gasteiger partial charge is 0.235 e. The third-order valence-corrected chi connectivity index (χ3v) is 1.64. The second kappa shape index (κ2) is 2.44. The first kappa shape index (κ1) is 9.78. The number of rotatable bonds is 1. The Hall–Kier alpha value is -0.215. The minimum Gasteiger partial charge on any atom is -0.235 e. The van der Waals surface area contributed by atoms with Gasteiger partial charge in [-0.15, -0.1) is 0 Å². The highest BCUT2D eigenvalue weighted by atomic mass is 19.4. The Kier molecular flexibility index (Phi) is 2.38. The highest BCUT2D eigenvalue weighted by molar-refractivity contribution is 6.12. The summed E-state index contributed by atoms with van der Waals surface area (Å²) in [6, 6.07) is 0. The van der Waals surface area contributed by atoms with Gasteiger partial charge in [-0.2, -0.15) is 13.2 Å². The summed E-state index contributed by atoms with van der Waals surface area (Å²) < 4.78 is 47.7. The van der Waals surface area contributed by atoms with Gasteiger partial charge in [0.25, 0.3) is 0 Å². The molecule has 0 aromatic carbocycles. The first-order valence-electron chi connectivity index (χ1n) is 2.95. The number of halogens is 4. The molecule has 0 aliphatic heterocycles. The molecule has 2 unspecified atom stereocenters. The van der Waals surface area contributed by atoms with Crippen LogP contribution in [-0.4, -0.2) is 19.7 Å². The first-order chi connectivity index (χ1) is 4.19. The van der Waals surface area contributed by atoms with E-state index in [0.29, 0.717) is 6.92 Å². The van der Waals surface area contributed by atoms with Gasteiger partial charge in [0.15, 0.2) is 5.67 Å². The van der Waals surface area contributed by atoms with Crippen LogP contribution in [0.5, 0.6) is 0 Å². The molecule has 0 spiro atoms. The summed E-state index contributed by atoms with van der Waals surface area (Å²) in [6.45, 7) is 1.76. The van der Waals surface area contributed by atoms with Gasteiger partial charge >= 0.3 is 6.18 Å². The fourth-order valence-electron chi connectivity index (χ4n) is 0.327. The molecular weight excluding hydrogens is 147 g/mol. The molecule has 0 amide bonds. The molecular formula is C5H9BF4. The monoisotopic (exact) mass is 156 g/mol. The molecule has 2 atom stereocenters. The van der Waals surface area contributed by atoms with E-state index in [4.69, 9.17) is 0 Å². The molecule has 0 N–H and O–H groups in total. The van der Waals surface area contributed by atoms with Gasteiger partial charge in [-0.3, -0.25) is 0 Å². The summed E-state index contributed by atoms with van der Waals surface area (Å²) in [6.07, 6.45) is -4.75. The molecule has 0 fully saturated rings. The van der Waals surface area contributed by atoms with Crippen LogP contribution in [0.3, 0.4) is 0 Å². The van der Waals surface area contributed by atoms with E-state index in [1.54, 1.807) is 0 Å². The van der Waals surface area contributed by atoms with Gasteiger partial charge in [-0.1, -0.05) is 6.92 Å². The molecule has 5 heteroatoms. The highest BCUT2D eigenvalue weighted by Crippen LogP contribution is 2.40. The summed E-state index contributed by atoms with van der Waals surface area (Å²) in [7, 11) is 1.20. The fraction of sp³-hybridized carbons (Fsp3) is 1.00. The summed E-state index contributed by atoms with van der Waals surface area (Å²) >= 11 is 0. The minimum atomic E-state index is -4.75. The van der Waals surface area contributed by atoms with Crippen molar-refractivity contribution in [1.82, 2.24) is 0 Å². The lowest BCUT2D eigenvalue weighted by Gasteiger charge is -2.27. The maximum absolute atomic E-state index is 12.6. The molecule has 0 saturated heterocycles. The van der Waals surface area contributed by atoms with Gasteiger partial charge in [-0.25, -0.2) is 4.39 Å². The quantitative estimate of drug-likeness (QED) is 0.400. The molecule has 0 aromatic rings. The van der Waals surface area contributed by atoms with Crippen LogP contribution in [0.1, 0.15) is 13.8 Å². The van der Waals surface area contributed by atoms with E-state index in [-0.39, 0.29) is 0 Å². The molecule has 0 saturated carbocycles. The summed E-state index contributed by atoms with van der Waals surface area (Å²) in [4.78, 5) is 0. The van der Waals surface area contributed by atoms with E-state index >= 15 is 0 Å². The average molecular weight is 156 g/mol. The zero-order valence-corrected chi connectivity index (χ0v) is 6.09. The highest BCUT2D eigenvalue weighted by Gasteiger charge is 2.53. The van der Waals surface area contributed by atoms with E-state index < -0.39 is 17.7 Å². The van der Waals surface area contributed by atoms with E-state index in [0.717, 1.165) is 0 Å². The Morgan fingerprint density at radius 1 is 1.20 bits per heavy atom. The molecule has 0 heterocycles. The van der Waals surface area contributed by atoms with Crippen LogP contribution < -0.4 is 0 Å². The van der Waals surface area contributed by atoms with Crippen molar-refractivity contribution in [2.75, 3.05) is 0 Å². The lowest BCUT2D eigenvalue weighted by Crippen LogP contribution is -2.40. The fourth-order valence-corrected chi connectivity index (χ4v) is 0.327. The van der Waals surface area contributed by atoms with Crippen LogP contribution in [0.25, 0.3) is 0 Å². The number of hydrogen-bond acceptors (Lipinski definition) is 0. The van der Waals surface area contributed by atoms with Gasteiger partial charge < -0.3 is 0 Å². The van der Waals surface area contributed by atoms with Gasteiger partial charge in [0.05, 0.1) is 0 Å². The van der Waals surface area contributed by atoms with Crippen molar-refractivity contribution < 1.29 is 17.6 Å². The van der Waals surface area contributed by atoms with Crippen LogP contribution >= 0.6 is 0 Å². The Bertz CT molecular complexity index is 115. The number of alkyl halides is 4. The van der Waals surface area contributed by atoms with Gasteiger partial charge in [0, 0.05) is 0 Å². The summed E-state index contributed by atoms with van der Waals surface area (Å²) in [5, 5.41) is 0. The Labute approximate surface area is 58.0 Å². The zero-order valence-electron chi connectivity index (χ0n) is 6.09. The maximum atomic E-state index is 12.6. The third-order valence-electron chi connectivity index (χ3n) is 1.64. The summed E-state index contributed by atoms with van der Waals surface area (Å²) in [5.41, 5.74) is -3.06. The van der Waals surface area contributed by atoms with E-state index in [1.807, 2.05) is 0 Å². The lowest BCUT2D eigenvalue weighted by atomic mass is 9.76. The maximum Gasteiger partial charge on any atom is 0.421 e. The molecule has 0 aliphatic carbocycles. The predicted molar refractivity (Wildman–Crippen MR) is 33.5 cm³/mol. The molecule has 10 heavy (non-hydrogen) atoms. The van der Waals surface area contributed by atoms with Gasteiger partial charge in [0.2, 0.25) is 0 Å². The third kappa shape index (κ3) is 1.64. The van der Waals surface area contributed by atoms with E-state index in [2.05, 4.69) is 0 Å². The van der Waals surface area contributed by atoms with Gasteiger partial charge in [-0.05, 0) is 12.7 Å². The molecule has 0 bridgehead atoms. The van der Waals surface area contributed by atoms with Crippen LogP contribution in [0, 0.1) is 0 Å². The lowest BCUT2D eigenvalue weighted by molar-refractivity contribution is -0.223. The topological polar surface area (TPSA) is 0 Å². The molecule has 0 aromatic heterocycles. The zero-order chi connectivity index (χ0) is 8.58. The molecule has 0 aliphatic rings. The van der Waals surface area contributed by atoms with Crippen molar-refractivity contribution in [2.24, 2.45) is 0 Å². The van der Waals surface area contributed by atoms with Crippen LogP contribution in [0.4, 0.5) is 17.6 Å². The Morgan fingerprint density at radius 2 is 1.50 bits per heavy atom. The Morgan fingerprint density at radius 3 is 1.50 bits per heavy atom. The van der Waals surface area contributed by atoms with Crippen LogP contribution in [-0.2, 0) is 0 Å². The normalized spacial score (nSPS) is 21.8. The predicted octanol–water partition coefficient (Wildman–Crippen LogP) is 1.72. The largest absolute Gasteiger partial charge is 0.421 e. The molecule has 60 valence electrons. The molecule has 0 rings (SSSR count). The van der Waals surface area contributed by atoms with Crippen LogP contribution in [0.15, 0.2) is 0 Å². The first-order valence-corrected chi connectivity index (χ1v) is 2.95. The van der Waals surface area contributed by atoms with Crippen molar-refractivity contribution in [1.29, 1.82) is 0 Å².